The van der Waals surface area contributed by atoms with Gasteiger partial charge in [0.15, 0.2) is 0 Å². The summed E-state index contributed by atoms with van der Waals surface area (Å²) in [6.07, 6.45) is 2.10. The van der Waals surface area contributed by atoms with Crippen LogP contribution in [0.3, 0.4) is 0 Å². The van der Waals surface area contributed by atoms with Crippen molar-refractivity contribution in [3.8, 4) is 6.07 Å². The van der Waals surface area contributed by atoms with E-state index in [1.165, 1.54) is 5.01 Å². The molecule has 0 aromatic carbocycles. The molecule has 0 saturated carbocycles. The van der Waals surface area contributed by atoms with Crippen LogP contribution in [0.25, 0.3) is 0 Å². The van der Waals surface area contributed by atoms with E-state index in [0.717, 1.165) is 19.2 Å². The topological polar surface area (TPSA) is 42.6 Å². The molecule has 0 radical (unpaired) electrons. The van der Waals surface area contributed by atoms with Crippen molar-refractivity contribution in [1.29, 1.82) is 5.26 Å². The molecule has 0 aromatic rings. The molecule has 0 fully saturated rings. The quantitative estimate of drug-likeness (QED) is 0.595. The number of rotatable bonds is 3. The van der Waals surface area contributed by atoms with Crippen molar-refractivity contribution in [3.63, 3.8) is 0 Å². The maximum atomic E-state index is 12.7. The van der Waals surface area contributed by atoms with Crippen LogP contribution in [-0.2, 0) is 0 Å². The Kier molecular flexibility index (Phi) is 2.86. The lowest BCUT2D eigenvalue weighted by Crippen LogP contribution is -2.34. The van der Waals surface area contributed by atoms with Crippen molar-refractivity contribution < 1.29 is 4.48 Å². The Labute approximate surface area is 70.8 Å². The van der Waals surface area contributed by atoms with Crippen molar-refractivity contribution in [2.24, 2.45) is 5.10 Å². The van der Waals surface area contributed by atoms with Gasteiger partial charge in [-0.1, -0.05) is 17.8 Å². The first-order chi connectivity index (χ1) is 5.79. The zero-order valence-electron chi connectivity index (χ0n) is 6.94. The first-order valence-corrected chi connectivity index (χ1v) is 3.94. The number of halogens is 1. The fourth-order valence-electron chi connectivity index (χ4n) is 0.991. The van der Waals surface area contributed by atoms with Gasteiger partial charge in [-0.2, -0.15) is 15.5 Å². The van der Waals surface area contributed by atoms with Crippen molar-refractivity contribution >= 4 is 6.34 Å². The summed E-state index contributed by atoms with van der Waals surface area (Å²) in [6.45, 7) is 2.67. The second-order valence-electron chi connectivity index (χ2n) is 2.59. The number of unbranched alkanes of at least 4 members (excludes halogenated alkanes) is 1. The molecule has 0 saturated heterocycles. The lowest BCUT2D eigenvalue weighted by molar-refractivity contribution is 0.0374. The van der Waals surface area contributed by atoms with Gasteiger partial charge in [0.25, 0.3) is 0 Å². The Morgan fingerprint density at radius 2 is 2.50 bits per heavy atom. The van der Waals surface area contributed by atoms with Crippen molar-refractivity contribution in [2.45, 2.75) is 25.9 Å². The largest absolute Gasteiger partial charge is 0.257 e. The fraction of sp³-hybridized carbons (Fsp3) is 0.714. The molecule has 1 unspecified atom stereocenters. The van der Waals surface area contributed by atoms with E-state index in [1.807, 2.05) is 13.0 Å². The molecule has 0 bridgehead atoms. The van der Waals surface area contributed by atoms with Gasteiger partial charge in [-0.3, -0.25) is 5.01 Å². The Morgan fingerprint density at radius 3 is 3.08 bits per heavy atom. The van der Waals surface area contributed by atoms with Crippen molar-refractivity contribution in [1.82, 2.24) is 10.1 Å². The maximum Gasteiger partial charge on any atom is 0.235 e. The summed E-state index contributed by atoms with van der Waals surface area (Å²) in [7, 11) is 0. The second kappa shape index (κ2) is 3.90. The Bertz CT molecular complexity index is 210. The maximum absolute atomic E-state index is 12.7. The zero-order chi connectivity index (χ0) is 8.97. The van der Waals surface area contributed by atoms with Gasteiger partial charge in [0.1, 0.15) is 12.4 Å². The van der Waals surface area contributed by atoms with Gasteiger partial charge < -0.3 is 0 Å². The van der Waals surface area contributed by atoms with E-state index in [-0.39, 0.29) is 0 Å². The molecule has 5 heteroatoms. The SMILES string of the molecule is CCCCN1N=CN(F)C1C#N. The Balaban J connectivity index is 2.45. The zero-order valence-corrected chi connectivity index (χ0v) is 6.94. The van der Waals surface area contributed by atoms with Gasteiger partial charge in [-0.25, -0.2) is 0 Å². The average molecular weight is 170 g/mol. The van der Waals surface area contributed by atoms with Gasteiger partial charge >= 0.3 is 0 Å². The highest BCUT2D eigenvalue weighted by molar-refractivity contribution is 5.56. The molecule has 0 aliphatic carbocycles. The molecule has 1 aliphatic heterocycles. The molecule has 1 heterocycles. The minimum atomic E-state index is -0.864. The molecule has 0 amide bonds. The third kappa shape index (κ3) is 1.64. The lowest BCUT2D eigenvalue weighted by atomic mass is 10.3. The number of nitrogens with zero attached hydrogens (tertiary/aromatic N) is 4. The Hall–Kier alpha value is -1.31. The summed E-state index contributed by atoms with van der Waals surface area (Å²) in [5.41, 5.74) is 0. The molecule has 0 N–H and O–H groups in total. The van der Waals surface area contributed by atoms with Crippen LogP contribution in [0.15, 0.2) is 5.10 Å². The molecule has 4 nitrogen and oxygen atoms in total. The van der Waals surface area contributed by atoms with Crippen LogP contribution in [0, 0.1) is 11.3 Å². The highest BCUT2D eigenvalue weighted by Crippen LogP contribution is 2.12. The third-order valence-corrected chi connectivity index (χ3v) is 1.68. The minimum Gasteiger partial charge on any atom is -0.257 e. The van der Waals surface area contributed by atoms with E-state index in [2.05, 4.69) is 5.10 Å². The second-order valence-corrected chi connectivity index (χ2v) is 2.59. The van der Waals surface area contributed by atoms with E-state index in [4.69, 9.17) is 5.26 Å². The summed E-state index contributed by atoms with van der Waals surface area (Å²) in [5.74, 6) is 0. The fourth-order valence-corrected chi connectivity index (χ4v) is 0.991. The minimum absolute atomic E-state index is 0.315. The molecule has 1 aliphatic rings. The van der Waals surface area contributed by atoms with E-state index in [9.17, 15) is 4.48 Å². The molecule has 12 heavy (non-hydrogen) atoms. The molecular formula is C7H11FN4. The van der Waals surface area contributed by atoms with Crippen LogP contribution >= 0.6 is 0 Å². The molecule has 0 aromatic heterocycles. The first kappa shape index (κ1) is 8.78. The standard InChI is InChI=1S/C7H11FN4/c1-2-3-4-12-7(5-9)11(8)6-10-12/h6-7H,2-4H2,1H3. The van der Waals surface area contributed by atoms with Gasteiger partial charge in [-0.05, 0) is 6.42 Å². The Morgan fingerprint density at radius 1 is 1.75 bits per heavy atom. The summed E-state index contributed by atoms with van der Waals surface area (Å²) in [4.78, 5) is 0. The summed E-state index contributed by atoms with van der Waals surface area (Å²) in [5, 5.41) is 14.1. The monoisotopic (exact) mass is 170 g/mol. The van der Waals surface area contributed by atoms with Gasteiger partial charge in [0.2, 0.25) is 6.17 Å². The van der Waals surface area contributed by atoms with E-state index < -0.39 is 6.17 Å². The molecule has 66 valence electrons. The first-order valence-electron chi connectivity index (χ1n) is 3.94. The highest BCUT2D eigenvalue weighted by atomic mass is 19.2. The summed E-state index contributed by atoms with van der Waals surface area (Å²) in [6, 6.07) is 1.82. The van der Waals surface area contributed by atoms with Crippen LogP contribution in [0.5, 0.6) is 0 Å². The van der Waals surface area contributed by atoms with Crippen LogP contribution in [0.2, 0.25) is 0 Å². The number of hydrogen-bond acceptors (Lipinski definition) is 4. The normalized spacial score (nSPS) is 21.6. The van der Waals surface area contributed by atoms with Gasteiger partial charge in [-0.15, -0.1) is 0 Å². The van der Waals surface area contributed by atoms with E-state index in [1.54, 1.807) is 0 Å². The van der Waals surface area contributed by atoms with Crippen molar-refractivity contribution in [3.05, 3.63) is 0 Å². The lowest BCUT2D eigenvalue weighted by Gasteiger charge is -2.18. The molecule has 0 spiro atoms. The number of hydrazone groups is 1. The number of nitriles is 1. The number of hydrogen-bond donors (Lipinski definition) is 0. The van der Waals surface area contributed by atoms with Crippen LogP contribution in [0.1, 0.15) is 19.8 Å². The van der Waals surface area contributed by atoms with Crippen LogP contribution in [0.4, 0.5) is 4.48 Å². The molecule has 1 rings (SSSR count). The van der Waals surface area contributed by atoms with Crippen LogP contribution in [-0.4, -0.2) is 29.2 Å². The smallest absolute Gasteiger partial charge is 0.235 e. The van der Waals surface area contributed by atoms with Gasteiger partial charge in [0.05, 0.1) is 0 Å². The summed E-state index contributed by atoms with van der Waals surface area (Å²) < 4.78 is 12.7. The van der Waals surface area contributed by atoms with Gasteiger partial charge in [0, 0.05) is 6.54 Å². The van der Waals surface area contributed by atoms with Crippen molar-refractivity contribution in [2.75, 3.05) is 6.54 Å². The summed E-state index contributed by atoms with van der Waals surface area (Å²) >= 11 is 0. The van der Waals surface area contributed by atoms with Crippen LogP contribution < -0.4 is 0 Å². The van der Waals surface area contributed by atoms with E-state index in [0.29, 0.717) is 11.7 Å². The molecular weight excluding hydrogens is 159 g/mol. The average Bonchev–Trinajstić information content (AvgIpc) is 2.43. The third-order valence-electron chi connectivity index (χ3n) is 1.68. The highest BCUT2D eigenvalue weighted by Gasteiger charge is 2.27. The molecule has 1 atom stereocenters. The predicted octanol–water partition coefficient (Wildman–Crippen LogP) is 1.08. The predicted molar refractivity (Wildman–Crippen MR) is 42.5 cm³/mol. The van der Waals surface area contributed by atoms with E-state index >= 15 is 0 Å².